The summed E-state index contributed by atoms with van der Waals surface area (Å²) >= 11 is 1.46. The Morgan fingerprint density at radius 2 is 1.63 bits per heavy atom. The Kier molecular flexibility index (Phi) is 10.2. The van der Waals surface area contributed by atoms with E-state index in [4.69, 9.17) is 13.8 Å². The van der Waals surface area contributed by atoms with Crippen LogP contribution in [0.3, 0.4) is 0 Å². The van der Waals surface area contributed by atoms with Crippen molar-refractivity contribution in [2.75, 3.05) is 26.0 Å². The van der Waals surface area contributed by atoms with Crippen molar-refractivity contribution in [3.8, 4) is 0 Å². The van der Waals surface area contributed by atoms with Gasteiger partial charge in [0.2, 0.25) is 11.8 Å². The van der Waals surface area contributed by atoms with Gasteiger partial charge in [-0.05, 0) is 47.1 Å². The fourth-order valence-corrected chi connectivity index (χ4v) is 7.36. The Morgan fingerprint density at radius 3 is 2.20 bits per heavy atom. The van der Waals surface area contributed by atoms with E-state index in [1.165, 1.54) is 16.7 Å². The van der Waals surface area contributed by atoms with Crippen LogP contribution in [0.1, 0.15) is 47.1 Å². The standard InChI is InChI=1S/C23H36N3O7PS/c1-7-32-34(30,33-8-2)16-25-20(28)19-22(3,4)35-23(5,6)26(19)18(27)14-24-21(29)31-15-17-12-10-9-11-13-17/h9-13,19H,7-8,14-16H2,1-6H3,(H,24,29)(H,25,28). The fraction of sp³-hybridized carbons (Fsp3) is 0.609. The molecule has 1 aromatic rings. The number of hydrogen-bond donors (Lipinski definition) is 2. The predicted octanol–water partition coefficient (Wildman–Crippen LogP) is 3.71. The number of rotatable bonds is 11. The van der Waals surface area contributed by atoms with Gasteiger partial charge in [0, 0.05) is 4.75 Å². The average Bonchev–Trinajstić information content (AvgIpc) is 2.98. The van der Waals surface area contributed by atoms with Crippen molar-refractivity contribution < 1.29 is 32.7 Å². The van der Waals surface area contributed by atoms with Gasteiger partial charge in [-0.25, -0.2) is 4.79 Å². The number of carbonyl (C=O) groups is 3. The topological polar surface area (TPSA) is 123 Å². The molecule has 0 saturated carbocycles. The third-order valence-electron chi connectivity index (χ3n) is 5.22. The highest BCUT2D eigenvalue weighted by Gasteiger charge is 2.56. The fourth-order valence-electron chi connectivity index (χ4n) is 4.05. The molecule has 1 atom stereocenters. The molecule has 1 saturated heterocycles. The summed E-state index contributed by atoms with van der Waals surface area (Å²) in [7, 11) is -3.51. The van der Waals surface area contributed by atoms with Crippen molar-refractivity contribution in [3.63, 3.8) is 0 Å². The lowest BCUT2D eigenvalue weighted by Crippen LogP contribution is -2.58. The van der Waals surface area contributed by atoms with Crippen LogP contribution in [0.25, 0.3) is 0 Å². The summed E-state index contributed by atoms with van der Waals surface area (Å²) in [5, 5.41) is 5.11. The summed E-state index contributed by atoms with van der Waals surface area (Å²) in [4.78, 5) is 39.3. The number of amides is 3. The van der Waals surface area contributed by atoms with Crippen molar-refractivity contribution in [1.29, 1.82) is 0 Å². The first-order valence-corrected chi connectivity index (χ1v) is 14.0. The number of carbonyl (C=O) groups excluding carboxylic acids is 3. The first-order chi connectivity index (χ1) is 16.3. The van der Waals surface area contributed by atoms with Crippen LogP contribution in [-0.2, 0) is 34.5 Å². The second kappa shape index (κ2) is 12.3. The van der Waals surface area contributed by atoms with Crippen molar-refractivity contribution in [2.45, 2.75) is 63.8 Å². The van der Waals surface area contributed by atoms with Crippen LogP contribution in [0.5, 0.6) is 0 Å². The van der Waals surface area contributed by atoms with Crippen LogP contribution in [0.2, 0.25) is 0 Å². The number of thioether (sulfide) groups is 1. The predicted molar refractivity (Wildman–Crippen MR) is 135 cm³/mol. The van der Waals surface area contributed by atoms with Crippen LogP contribution in [0.4, 0.5) is 4.79 Å². The number of nitrogens with zero attached hydrogens (tertiary/aromatic N) is 1. The number of nitrogens with one attached hydrogen (secondary N) is 2. The van der Waals surface area contributed by atoms with E-state index in [0.29, 0.717) is 0 Å². The minimum absolute atomic E-state index is 0.0731. The molecule has 2 rings (SSSR count). The van der Waals surface area contributed by atoms with Gasteiger partial charge in [-0.15, -0.1) is 11.8 Å². The highest BCUT2D eigenvalue weighted by Crippen LogP contribution is 2.51. The highest BCUT2D eigenvalue weighted by atomic mass is 32.2. The summed E-state index contributed by atoms with van der Waals surface area (Å²) in [6, 6.07) is 8.30. The summed E-state index contributed by atoms with van der Waals surface area (Å²) in [5.74, 6) is -0.921. The molecule has 0 radical (unpaired) electrons. The maximum absolute atomic E-state index is 13.3. The Hall–Kier alpha value is -2.07. The third kappa shape index (κ3) is 7.96. The van der Waals surface area contributed by atoms with Gasteiger partial charge in [-0.2, -0.15) is 0 Å². The molecule has 3 amide bonds. The smallest absolute Gasteiger partial charge is 0.407 e. The van der Waals surface area contributed by atoms with E-state index in [0.717, 1.165) is 5.56 Å². The minimum atomic E-state index is -3.51. The molecule has 35 heavy (non-hydrogen) atoms. The summed E-state index contributed by atoms with van der Waals surface area (Å²) in [6.45, 7) is 10.8. The van der Waals surface area contributed by atoms with Crippen molar-refractivity contribution >= 4 is 37.3 Å². The molecule has 0 spiro atoms. The number of ether oxygens (including phenoxy) is 1. The molecule has 12 heteroatoms. The van der Waals surface area contributed by atoms with Crippen LogP contribution >= 0.6 is 19.4 Å². The lowest BCUT2D eigenvalue weighted by Gasteiger charge is -2.35. The molecule has 1 aromatic carbocycles. The van der Waals surface area contributed by atoms with Gasteiger partial charge in [-0.3, -0.25) is 14.2 Å². The second-order valence-electron chi connectivity index (χ2n) is 8.88. The molecule has 1 aliphatic rings. The number of benzene rings is 1. The monoisotopic (exact) mass is 529 g/mol. The van der Waals surface area contributed by atoms with Gasteiger partial charge in [0.1, 0.15) is 25.5 Å². The normalized spacial score (nSPS) is 18.7. The average molecular weight is 530 g/mol. The van der Waals surface area contributed by atoms with Crippen molar-refractivity contribution in [1.82, 2.24) is 15.5 Å². The molecule has 10 nitrogen and oxygen atoms in total. The van der Waals surface area contributed by atoms with E-state index in [1.807, 2.05) is 58.0 Å². The third-order valence-corrected chi connectivity index (χ3v) is 8.52. The minimum Gasteiger partial charge on any atom is -0.445 e. The van der Waals surface area contributed by atoms with Gasteiger partial charge < -0.3 is 29.3 Å². The maximum Gasteiger partial charge on any atom is 0.407 e. The van der Waals surface area contributed by atoms with Crippen LogP contribution in [0.15, 0.2) is 30.3 Å². The van der Waals surface area contributed by atoms with Gasteiger partial charge in [0.05, 0.1) is 18.1 Å². The zero-order valence-corrected chi connectivity index (χ0v) is 22.9. The molecular weight excluding hydrogens is 493 g/mol. The lowest BCUT2D eigenvalue weighted by atomic mass is 9.99. The Balaban J connectivity index is 2.06. The zero-order valence-electron chi connectivity index (χ0n) is 21.2. The van der Waals surface area contributed by atoms with E-state index in [2.05, 4.69) is 10.6 Å². The summed E-state index contributed by atoms with van der Waals surface area (Å²) < 4.78 is 27.8. The highest BCUT2D eigenvalue weighted by molar-refractivity contribution is 8.02. The van der Waals surface area contributed by atoms with E-state index < -0.39 is 41.2 Å². The number of alkyl carbamates (subject to hydrolysis) is 1. The van der Waals surface area contributed by atoms with E-state index in [-0.39, 0.29) is 32.7 Å². The van der Waals surface area contributed by atoms with Crippen LogP contribution in [0, 0.1) is 0 Å². The van der Waals surface area contributed by atoms with Crippen LogP contribution in [-0.4, -0.2) is 64.5 Å². The molecule has 1 heterocycles. The quantitative estimate of drug-likeness (QED) is 0.416. The molecule has 1 fully saturated rings. The first kappa shape index (κ1) is 29.2. The Bertz CT molecular complexity index is 932. The zero-order chi connectivity index (χ0) is 26.3. The van der Waals surface area contributed by atoms with E-state index in [9.17, 15) is 18.9 Å². The van der Waals surface area contributed by atoms with Gasteiger partial charge in [0.15, 0.2) is 0 Å². The van der Waals surface area contributed by atoms with Crippen LogP contribution < -0.4 is 10.6 Å². The summed E-state index contributed by atoms with van der Waals surface area (Å²) in [6.07, 6.45) is -1.04. The largest absolute Gasteiger partial charge is 0.445 e. The molecule has 0 aromatic heterocycles. The van der Waals surface area contributed by atoms with Gasteiger partial charge in [0.25, 0.3) is 0 Å². The molecule has 0 bridgehead atoms. The molecule has 2 N–H and O–H groups in total. The summed E-state index contributed by atoms with van der Waals surface area (Å²) in [5.41, 5.74) is 0.820. The van der Waals surface area contributed by atoms with E-state index >= 15 is 0 Å². The van der Waals surface area contributed by atoms with Crippen molar-refractivity contribution in [3.05, 3.63) is 35.9 Å². The lowest BCUT2D eigenvalue weighted by molar-refractivity contribution is -0.142. The maximum atomic E-state index is 13.3. The molecule has 1 aliphatic heterocycles. The molecular formula is C23H36N3O7PS. The Labute approximate surface area is 211 Å². The Morgan fingerprint density at radius 1 is 1.03 bits per heavy atom. The molecule has 0 aliphatic carbocycles. The first-order valence-electron chi connectivity index (χ1n) is 11.5. The van der Waals surface area contributed by atoms with Crippen molar-refractivity contribution in [2.24, 2.45) is 0 Å². The SMILES string of the molecule is CCOP(=O)(CNC(=O)C1N(C(=O)CNC(=O)OCc2ccccc2)C(C)(C)SC1(C)C)OCC. The second-order valence-corrected chi connectivity index (χ2v) is 13.2. The van der Waals surface area contributed by atoms with E-state index in [1.54, 1.807) is 13.8 Å². The molecule has 1 unspecified atom stereocenters. The number of hydrogen-bond acceptors (Lipinski definition) is 8. The van der Waals surface area contributed by atoms with Gasteiger partial charge in [-0.1, -0.05) is 30.3 Å². The van der Waals surface area contributed by atoms with Gasteiger partial charge >= 0.3 is 13.7 Å². The molecule has 196 valence electrons.